The average molecular weight is 260 g/mol. The molecule has 1 rings (SSSR count). The van der Waals surface area contributed by atoms with Crippen molar-refractivity contribution in [3.63, 3.8) is 0 Å². The maximum atomic E-state index is 12.3. The number of hydrogen-bond acceptors (Lipinski definition) is 2. The van der Waals surface area contributed by atoms with Crippen LogP contribution in [0.2, 0.25) is 0 Å². The molecule has 1 N–H and O–H groups in total. The van der Waals surface area contributed by atoms with E-state index in [2.05, 4.69) is 6.58 Å². The second-order valence-electron chi connectivity index (χ2n) is 5.77. The fourth-order valence-electron chi connectivity index (χ4n) is 2.23. The van der Waals surface area contributed by atoms with Crippen LogP contribution in [-0.4, -0.2) is 17.0 Å². The lowest BCUT2D eigenvalue weighted by Crippen LogP contribution is -2.37. The van der Waals surface area contributed by atoms with Gasteiger partial charge in [-0.2, -0.15) is 0 Å². The van der Waals surface area contributed by atoms with Gasteiger partial charge >= 0.3 is 0 Å². The van der Waals surface area contributed by atoms with Gasteiger partial charge in [-0.3, -0.25) is 4.79 Å². The second-order valence-corrected chi connectivity index (χ2v) is 5.77. The van der Waals surface area contributed by atoms with Crippen LogP contribution in [0.25, 0.3) is 0 Å². The third kappa shape index (κ3) is 3.54. The highest BCUT2D eigenvalue weighted by Gasteiger charge is 2.34. The van der Waals surface area contributed by atoms with Gasteiger partial charge in [0.05, 0.1) is 6.10 Å². The third-order valence-corrected chi connectivity index (χ3v) is 3.91. The van der Waals surface area contributed by atoms with E-state index in [0.29, 0.717) is 0 Å². The average Bonchev–Trinajstić information content (AvgIpc) is 2.44. The first kappa shape index (κ1) is 15.6. The van der Waals surface area contributed by atoms with E-state index in [-0.39, 0.29) is 11.7 Å². The molecule has 0 bridgehead atoms. The Bertz CT molecular complexity index is 434. The van der Waals surface area contributed by atoms with E-state index in [1.54, 1.807) is 13.0 Å². The molecule has 0 aromatic heterocycles. The standard InChI is InChI=1S/C17H24O2/c1-6-17(4,5)16(19)13(3)15(18)12(2)14-10-8-7-9-11-14/h6-13,15,18H,1H2,2-5H3/t12-,13-,15+/m0/s1. The Labute approximate surface area is 116 Å². The number of carbonyl (C=O) groups is 1. The SMILES string of the molecule is C=CC(C)(C)C(=O)[C@@H](C)[C@H](O)[C@@H](C)c1ccccc1. The first-order chi connectivity index (χ1) is 8.81. The normalized spacial score (nSPS) is 16.5. The number of rotatable bonds is 6. The van der Waals surface area contributed by atoms with Crippen molar-refractivity contribution in [2.45, 2.75) is 39.7 Å². The summed E-state index contributed by atoms with van der Waals surface area (Å²) in [5.74, 6) is -0.457. The Kier molecular flexibility index (Phi) is 5.07. The predicted molar refractivity (Wildman–Crippen MR) is 79.0 cm³/mol. The molecular formula is C17H24O2. The summed E-state index contributed by atoms with van der Waals surface area (Å²) >= 11 is 0. The van der Waals surface area contributed by atoms with Gasteiger partial charge < -0.3 is 5.11 Å². The molecule has 0 aliphatic rings. The maximum absolute atomic E-state index is 12.3. The van der Waals surface area contributed by atoms with Crippen molar-refractivity contribution in [2.75, 3.05) is 0 Å². The number of benzene rings is 1. The van der Waals surface area contributed by atoms with Crippen LogP contribution in [0.5, 0.6) is 0 Å². The minimum absolute atomic E-state index is 0.0257. The number of hydrogen-bond donors (Lipinski definition) is 1. The summed E-state index contributed by atoms with van der Waals surface area (Å²) in [6.07, 6.45) is 0.959. The predicted octanol–water partition coefficient (Wildman–Crippen LogP) is 3.57. The number of Topliss-reactive ketones (excluding diaryl/α,β-unsaturated/α-hetero) is 1. The van der Waals surface area contributed by atoms with Gasteiger partial charge in [-0.1, -0.05) is 50.3 Å². The highest BCUT2D eigenvalue weighted by molar-refractivity contribution is 5.88. The van der Waals surface area contributed by atoms with E-state index in [1.807, 2.05) is 51.1 Å². The Morgan fingerprint density at radius 1 is 1.26 bits per heavy atom. The maximum Gasteiger partial charge on any atom is 0.147 e. The molecule has 0 aliphatic carbocycles. The number of ketones is 1. The van der Waals surface area contributed by atoms with Crippen LogP contribution in [0, 0.1) is 11.3 Å². The van der Waals surface area contributed by atoms with Gasteiger partial charge in [-0.15, -0.1) is 6.58 Å². The Morgan fingerprint density at radius 2 is 1.79 bits per heavy atom. The van der Waals surface area contributed by atoms with Gasteiger partial charge in [0.25, 0.3) is 0 Å². The summed E-state index contributed by atoms with van der Waals surface area (Å²) in [5, 5.41) is 10.4. The molecule has 19 heavy (non-hydrogen) atoms. The van der Waals surface area contributed by atoms with Gasteiger partial charge in [0.2, 0.25) is 0 Å². The zero-order valence-electron chi connectivity index (χ0n) is 12.3. The van der Waals surface area contributed by atoms with E-state index in [1.165, 1.54) is 0 Å². The molecule has 104 valence electrons. The van der Waals surface area contributed by atoms with Crippen LogP contribution in [0.3, 0.4) is 0 Å². The highest BCUT2D eigenvalue weighted by Crippen LogP contribution is 2.30. The van der Waals surface area contributed by atoms with Crippen LogP contribution in [-0.2, 0) is 4.79 Å². The van der Waals surface area contributed by atoms with Crippen molar-refractivity contribution >= 4 is 5.78 Å². The van der Waals surface area contributed by atoms with E-state index in [0.717, 1.165) is 5.56 Å². The largest absolute Gasteiger partial charge is 0.392 e. The van der Waals surface area contributed by atoms with Crippen LogP contribution < -0.4 is 0 Å². The number of carbonyl (C=O) groups excluding carboxylic acids is 1. The van der Waals surface area contributed by atoms with E-state index >= 15 is 0 Å². The second kappa shape index (κ2) is 6.16. The summed E-state index contributed by atoms with van der Waals surface area (Å²) in [6, 6.07) is 9.78. The van der Waals surface area contributed by atoms with Crippen molar-refractivity contribution in [1.29, 1.82) is 0 Å². The number of allylic oxidation sites excluding steroid dienone is 1. The van der Waals surface area contributed by atoms with Crippen molar-refractivity contribution in [3.8, 4) is 0 Å². The highest BCUT2D eigenvalue weighted by atomic mass is 16.3. The molecular weight excluding hydrogens is 236 g/mol. The fraction of sp³-hybridized carbons (Fsp3) is 0.471. The molecule has 0 radical (unpaired) electrons. The Balaban J connectivity index is 2.86. The van der Waals surface area contributed by atoms with Crippen molar-refractivity contribution < 1.29 is 9.90 Å². The Morgan fingerprint density at radius 3 is 2.26 bits per heavy atom. The van der Waals surface area contributed by atoms with Gasteiger partial charge in [-0.25, -0.2) is 0 Å². The summed E-state index contributed by atoms with van der Waals surface area (Å²) in [7, 11) is 0. The molecule has 0 amide bonds. The first-order valence-corrected chi connectivity index (χ1v) is 6.72. The van der Waals surface area contributed by atoms with E-state index < -0.39 is 17.4 Å². The molecule has 3 atom stereocenters. The van der Waals surface area contributed by atoms with Crippen LogP contribution in [0.4, 0.5) is 0 Å². The summed E-state index contributed by atoms with van der Waals surface area (Å²) < 4.78 is 0. The molecule has 0 spiro atoms. The monoisotopic (exact) mass is 260 g/mol. The van der Waals surface area contributed by atoms with Gasteiger partial charge in [-0.05, 0) is 19.4 Å². The van der Waals surface area contributed by atoms with E-state index in [9.17, 15) is 9.90 Å². The van der Waals surface area contributed by atoms with Crippen molar-refractivity contribution in [3.05, 3.63) is 48.6 Å². The lowest BCUT2D eigenvalue weighted by atomic mass is 9.76. The lowest BCUT2D eigenvalue weighted by Gasteiger charge is -2.29. The lowest BCUT2D eigenvalue weighted by molar-refractivity contribution is -0.132. The molecule has 0 unspecified atom stereocenters. The zero-order chi connectivity index (χ0) is 14.6. The topological polar surface area (TPSA) is 37.3 Å². The molecule has 0 fully saturated rings. The van der Waals surface area contributed by atoms with Gasteiger partial charge in [0, 0.05) is 17.3 Å². The van der Waals surface area contributed by atoms with Gasteiger partial charge in [0.1, 0.15) is 5.78 Å². The van der Waals surface area contributed by atoms with Crippen LogP contribution >= 0.6 is 0 Å². The molecule has 0 aliphatic heterocycles. The quantitative estimate of drug-likeness (QED) is 0.794. The van der Waals surface area contributed by atoms with Gasteiger partial charge in [0.15, 0.2) is 0 Å². The van der Waals surface area contributed by atoms with Crippen molar-refractivity contribution in [2.24, 2.45) is 11.3 Å². The molecule has 1 aromatic rings. The number of aliphatic hydroxyl groups excluding tert-OH is 1. The Hall–Kier alpha value is -1.41. The molecule has 0 saturated carbocycles. The summed E-state index contributed by atoms with van der Waals surface area (Å²) in [5.41, 5.74) is 0.447. The molecule has 0 heterocycles. The van der Waals surface area contributed by atoms with Crippen molar-refractivity contribution in [1.82, 2.24) is 0 Å². The molecule has 0 saturated heterocycles. The minimum atomic E-state index is -0.686. The summed E-state index contributed by atoms with van der Waals surface area (Å²) in [4.78, 5) is 12.3. The first-order valence-electron chi connectivity index (χ1n) is 6.72. The minimum Gasteiger partial charge on any atom is -0.392 e. The zero-order valence-corrected chi connectivity index (χ0v) is 12.3. The molecule has 2 heteroatoms. The number of aliphatic hydroxyl groups is 1. The smallest absolute Gasteiger partial charge is 0.147 e. The third-order valence-electron chi connectivity index (χ3n) is 3.91. The van der Waals surface area contributed by atoms with E-state index in [4.69, 9.17) is 0 Å². The molecule has 2 nitrogen and oxygen atoms in total. The summed E-state index contributed by atoms with van der Waals surface area (Å²) in [6.45, 7) is 11.1. The molecule has 1 aromatic carbocycles. The van der Waals surface area contributed by atoms with Crippen LogP contribution in [0.1, 0.15) is 39.2 Å². The fourth-order valence-corrected chi connectivity index (χ4v) is 2.23. The van der Waals surface area contributed by atoms with Crippen LogP contribution in [0.15, 0.2) is 43.0 Å².